The van der Waals surface area contributed by atoms with Gasteiger partial charge in [0.25, 0.3) is 0 Å². The van der Waals surface area contributed by atoms with Gasteiger partial charge in [-0.1, -0.05) is 0 Å². The molecule has 4 rings (SSSR count). The maximum atomic E-state index is 12.2. The van der Waals surface area contributed by atoms with Crippen LogP contribution < -0.4 is 5.32 Å². The van der Waals surface area contributed by atoms with Gasteiger partial charge in [0, 0.05) is 31.3 Å². The fraction of sp³-hybridized carbons (Fsp3) is 0.733. The van der Waals surface area contributed by atoms with Crippen molar-refractivity contribution in [3.63, 3.8) is 0 Å². The topological polar surface area (TPSA) is 57.8 Å². The van der Waals surface area contributed by atoms with E-state index in [-0.39, 0.29) is 0 Å². The van der Waals surface area contributed by atoms with Crippen LogP contribution in [0.15, 0.2) is 12.4 Å². The van der Waals surface area contributed by atoms with Gasteiger partial charge in [-0.3, -0.25) is 4.79 Å². The summed E-state index contributed by atoms with van der Waals surface area (Å²) < 4.78 is 0. The van der Waals surface area contributed by atoms with Crippen molar-refractivity contribution >= 4 is 5.91 Å². The normalized spacial score (nSPS) is 38.2. The van der Waals surface area contributed by atoms with E-state index in [1.165, 1.54) is 19.3 Å². The lowest BCUT2D eigenvalue weighted by Gasteiger charge is -2.09. The number of hydrogen-bond acceptors (Lipinski definition) is 2. The van der Waals surface area contributed by atoms with E-state index < -0.39 is 0 Å². The van der Waals surface area contributed by atoms with Crippen LogP contribution in [0.5, 0.6) is 0 Å². The van der Waals surface area contributed by atoms with Crippen molar-refractivity contribution < 1.29 is 4.79 Å². The molecule has 102 valence electrons. The maximum absolute atomic E-state index is 12.2. The molecule has 19 heavy (non-hydrogen) atoms. The molecular formula is C15H21N3O. The summed E-state index contributed by atoms with van der Waals surface area (Å²) in [7, 11) is 0. The average Bonchev–Trinajstić information content (AvgIpc) is 2.82. The number of aromatic amines is 1. The first-order valence-electron chi connectivity index (χ1n) is 7.60. The Hall–Kier alpha value is -1.32. The second-order valence-electron chi connectivity index (χ2n) is 6.44. The van der Waals surface area contributed by atoms with Gasteiger partial charge in [0.2, 0.25) is 5.91 Å². The summed E-state index contributed by atoms with van der Waals surface area (Å²) in [6, 6.07) is 0. The highest BCUT2D eigenvalue weighted by molar-refractivity contribution is 5.82. The average molecular weight is 259 g/mol. The minimum Gasteiger partial charge on any atom is -0.356 e. The number of hydrogen-bond donors (Lipinski definition) is 2. The van der Waals surface area contributed by atoms with Crippen molar-refractivity contribution in [2.75, 3.05) is 6.54 Å². The van der Waals surface area contributed by atoms with E-state index in [2.05, 4.69) is 15.3 Å². The van der Waals surface area contributed by atoms with Crippen molar-refractivity contribution in [3.8, 4) is 0 Å². The van der Waals surface area contributed by atoms with E-state index in [1.807, 2.05) is 6.20 Å². The Morgan fingerprint density at radius 2 is 2.16 bits per heavy atom. The molecule has 2 bridgehead atoms. The predicted molar refractivity (Wildman–Crippen MR) is 71.2 cm³/mol. The van der Waals surface area contributed by atoms with Crippen LogP contribution in [0.3, 0.4) is 0 Å². The zero-order valence-electron chi connectivity index (χ0n) is 11.1. The standard InChI is InChI=1S/C15H21N3O/c19-15(18-5-1-2-11-16-6-7-17-11)14-12-9-3-4-10(8-9)13(12)14/h6-7,9-10,12-14H,1-5,8H2,(H,16,17)(H,18,19)/t9-,10+,12+,13-,14?. The number of nitrogens with one attached hydrogen (secondary N) is 2. The number of aromatic nitrogens is 2. The largest absolute Gasteiger partial charge is 0.356 e. The van der Waals surface area contributed by atoms with E-state index >= 15 is 0 Å². The van der Waals surface area contributed by atoms with Crippen LogP contribution in [0, 0.1) is 29.6 Å². The van der Waals surface area contributed by atoms with E-state index in [1.54, 1.807) is 6.20 Å². The zero-order chi connectivity index (χ0) is 12.8. The molecule has 3 aliphatic rings. The lowest BCUT2D eigenvalue weighted by atomic mass is 10.0. The van der Waals surface area contributed by atoms with Gasteiger partial charge in [-0.25, -0.2) is 4.98 Å². The number of imidazole rings is 1. The molecule has 3 saturated carbocycles. The number of carbonyl (C=O) groups excluding carboxylic acids is 1. The Morgan fingerprint density at radius 1 is 1.37 bits per heavy atom. The molecule has 0 aromatic carbocycles. The fourth-order valence-corrected chi connectivity index (χ4v) is 4.70. The van der Waals surface area contributed by atoms with Crippen molar-refractivity contribution in [3.05, 3.63) is 18.2 Å². The highest BCUT2D eigenvalue weighted by Gasteiger charge is 2.67. The molecule has 3 fully saturated rings. The Labute approximate surface area is 113 Å². The molecule has 1 heterocycles. The quantitative estimate of drug-likeness (QED) is 0.791. The van der Waals surface area contributed by atoms with Crippen LogP contribution in [0.1, 0.15) is 31.5 Å². The number of nitrogens with zero attached hydrogens (tertiary/aromatic N) is 1. The minimum atomic E-state index is 0.325. The van der Waals surface area contributed by atoms with Crippen LogP contribution in [-0.2, 0) is 11.2 Å². The third kappa shape index (κ3) is 1.88. The molecular weight excluding hydrogens is 238 g/mol. The van der Waals surface area contributed by atoms with Gasteiger partial charge in [-0.15, -0.1) is 0 Å². The smallest absolute Gasteiger partial charge is 0.223 e. The van der Waals surface area contributed by atoms with Crippen LogP contribution >= 0.6 is 0 Å². The summed E-state index contributed by atoms with van der Waals surface area (Å²) in [4.78, 5) is 19.4. The molecule has 4 heteroatoms. The summed E-state index contributed by atoms with van der Waals surface area (Å²) in [6.45, 7) is 0.783. The van der Waals surface area contributed by atoms with Crippen molar-refractivity contribution in [2.45, 2.75) is 32.1 Å². The first-order valence-corrected chi connectivity index (χ1v) is 7.60. The van der Waals surface area contributed by atoms with Crippen molar-refractivity contribution in [1.82, 2.24) is 15.3 Å². The van der Waals surface area contributed by atoms with Crippen LogP contribution in [0.2, 0.25) is 0 Å². The number of carbonyl (C=O) groups is 1. The number of fused-ring (bicyclic) bond motifs is 5. The lowest BCUT2D eigenvalue weighted by Crippen LogP contribution is -2.28. The summed E-state index contributed by atoms with van der Waals surface area (Å²) in [6.07, 6.45) is 9.67. The van der Waals surface area contributed by atoms with E-state index in [0.29, 0.717) is 11.8 Å². The Morgan fingerprint density at radius 3 is 2.84 bits per heavy atom. The van der Waals surface area contributed by atoms with Gasteiger partial charge in [0.05, 0.1) is 0 Å². The maximum Gasteiger partial charge on any atom is 0.223 e. The Kier molecular flexibility index (Phi) is 2.64. The van der Waals surface area contributed by atoms with E-state index in [0.717, 1.165) is 48.9 Å². The van der Waals surface area contributed by atoms with Crippen LogP contribution in [0.4, 0.5) is 0 Å². The molecule has 1 aromatic rings. The Bertz CT molecular complexity index is 454. The SMILES string of the molecule is O=C(NCCCc1ncc[nH]1)C1[C@@H]2[C@H]3CC[C@H](C3)[C@H]12. The van der Waals surface area contributed by atoms with Crippen molar-refractivity contribution in [1.29, 1.82) is 0 Å². The summed E-state index contributed by atoms with van der Waals surface area (Å²) >= 11 is 0. The molecule has 0 spiro atoms. The Balaban J connectivity index is 1.21. The molecule has 5 atom stereocenters. The highest BCUT2D eigenvalue weighted by Crippen LogP contribution is 2.69. The van der Waals surface area contributed by atoms with E-state index in [9.17, 15) is 4.79 Å². The van der Waals surface area contributed by atoms with Crippen molar-refractivity contribution in [2.24, 2.45) is 29.6 Å². The summed E-state index contributed by atoms with van der Waals surface area (Å²) in [5, 5.41) is 3.12. The molecule has 0 radical (unpaired) electrons. The highest BCUT2D eigenvalue weighted by atomic mass is 16.2. The zero-order valence-corrected chi connectivity index (χ0v) is 11.1. The third-order valence-electron chi connectivity index (χ3n) is 5.48. The molecule has 4 nitrogen and oxygen atoms in total. The molecule has 0 aliphatic heterocycles. The second kappa shape index (κ2) is 4.36. The first kappa shape index (κ1) is 11.5. The molecule has 2 N–H and O–H groups in total. The minimum absolute atomic E-state index is 0.325. The van der Waals surface area contributed by atoms with Gasteiger partial charge in [0.1, 0.15) is 5.82 Å². The van der Waals surface area contributed by atoms with Gasteiger partial charge in [-0.05, 0) is 49.4 Å². The second-order valence-corrected chi connectivity index (χ2v) is 6.44. The van der Waals surface area contributed by atoms with Gasteiger partial charge in [0.15, 0.2) is 0 Å². The van der Waals surface area contributed by atoms with Gasteiger partial charge < -0.3 is 10.3 Å². The van der Waals surface area contributed by atoms with Crippen LogP contribution in [0.25, 0.3) is 0 Å². The molecule has 3 aliphatic carbocycles. The number of amides is 1. The number of H-pyrrole nitrogens is 1. The van der Waals surface area contributed by atoms with Gasteiger partial charge >= 0.3 is 0 Å². The lowest BCUT2D eigenvalue weighted by molar-refractivity contribution is -0.123. The van der Waals surface area contributed by atoms with Crippen LogP contribution in [-0.4, -0.2) is 22.4 Å². The monoisotopic (exact) mass is 259 g/mol. The molecule has 1 unspecified atom stereocenters. The summed E-state index contributed by atoms with van der Waals surface area (Å²) in [5.41, 5.74) is 0. The molecule has 1 aromatic heterocycles. The van der Waals surface area contributed by atoms with E-state index in [4.69, 9.17) is 0 Å². The summed E-state index contributed by atoms with van der Waals surface area (Å²) in [5.74, 6) is 4.98. The molecule has 1 amide bonds. The first-order chi connectivity index (χ1) is 9.34. The fourth-order valence-electron chi connectivity index (χ4n) is 4.70. The number of aryl methyl sites for hydroxylation is 1. The predicted octanol–water partition coefficient (Wildman–Crippen LogP) is 1.75. The van der Waals surface area contributed by atoms with Gasteiger partial charge in [-0.2, -0.15) is 0 Å². The number of rotatable bonds is 5. The molecule has 0 saturated heterocycles. The third-order valence-corrected chi connectivity index (χ3v) is 5.48.